The lowest BCUT2D eigenvalue weighted by Crippen LogP contribution is -2.31. The first-order chi connectivity index (χ1) is 12.3. The highest BCUT2D eigenvalue weighted by atomic mass is 32.2. The molecule has 1 heterocycles. The number of aromatic nitrogens is 1. The van der Waals surface area contributed by atoms with Crippen molar-refractivity contribution in [3.05, 3.63) is 59.7 Å². The number of hydrogen-bond acceptors (Lipinski definition) is 4. The van der Waals surface area contributed by atoms with Crippen molar-refractivity contribution in [3.8, 4) is 0 Å². The Hall–Kier alpha value is -2.25. The summed E-state index contributed by atoms with van der Waals surface area (Å²) in [5.74, 6) is -0.253. The van der Waals surface area contributed by atoms with Gasteiger partial charge in [-0.15, -0.1) is 0 Å². The molecular weight excluding hydrogens is 350 g/mol. The quantitative estimate of drug-likeness (QED) is 0.779. The Morgan fingerprint density at radius 1 is 1.08 bits per heavy atom. The minimum atomic E-state index is -3.54. The van der Waals surface area contributed by atoms with Gasteiger partial charge in [-0.05, 0) is 50.2 Å². The van der Waals surface area contributed by atoms with Gasteiger partial charge in [0.1, 0.15) is 5.49 Å². The highest BCUT2D eigenvalue weighted by molar-refractivity contribution is 7.89. The van der Waals surface area contributed by atoms with Gasteiger partial charge in [-0.1, -0.05) is 19.9 Å². The molecule has 0 spiro atoms. The zero-order chi connectivity index (χ0) is 19.3. The van der Waals surface area contributed by atoms with Gasteiger partial charge in [0.2, 0.25) is 10.0 Å². The van der Waals surface area contributed by atoms with Gasteiger partial charge in [0.05, 0.1) is 4.90 Å². The molecule has 0 radical (unpaired) electrons. The lowest BCUT2D eigenvalue weighted by Gasteiger charge is -2.18. The molecule has 7 heteroatoms. The Morgan fingerprint density at radius 3 is 2.23 bits per heavy atom. The normalized spacial score (nSPS) is 12.8. The molecule has 0 N–H and O–H groups in total. The number of nitrogens with zero attached hydrogens (tertiary/aromatic N) is 3. The van der Waals surface area contributed by atoms with E-state index in [0.29, 0.717) is 24.1 Å². The lowest BCUT2D eigenvalue weighted by molar-refractivity contribution is 0.0954. The summed E-state index contributed by atoms with van der Waals surface area (Å²) < 4.78 is 27.9. The fourth-order valence-corrected chi connectivity index (χ4v) is 4.05. The average Bonchev–Trinajstić information content (AvgIpc) is 2.62. The molecule has 0 aliphatic carbocycles. The van der Waals surface area contributed by atoms with Crippen LogP contribution in [0.2, 0.25) is 0 Å². The minimum absolute atomic E-state index is 0.0537. The highest BCUT2D eigenvalue weighted by Crippen LogP contribution is 2.16. The second-order valence-electron chi connectivity index (χ2n) is 6.07. The Labute approximate surface area is 154 Å². The summed E-state index contributed by atoms with van der Waals surface area (Å²) in [5, 5.41) is 0. The van der Waals surface area contributed by atoms with E-state index in [-0.39, 0.29) is 16.8 Å². The molecule has 26 heavy (non-hydrogen) atoms. The Balaban J connectivity index is 2.40. The molecule has 2 aromatic rings. The molecule has 0 saturated heterocycles. The summed E-state index contributed by atoms with van der Waals surface area (Å²) in [6.45, 7) is 8.28. The second-order valence-corrected chi connectivity index (χ2v) is 8.01. The summed E-state index contributed by atoms with van der Waals surface area (Å²) in [6.07, 6.45) is 1.66. The van der Waals surface area contributed by atoms with Crippen LogP contribution in [0.25, 0.3) is 0 Å². The van der Waals surface area contributed by atoms with Crippen LogP contribution < -0.4 is 5.49 Å². The van der Waals surface area contributed by atoms with Gasteiger partial charge in [0.25, 0.3) is 5.91 Å². The number of carbonyl (C=O) groups excluding carboxylic acids is 1. The van der Waals surface area contributed by atoms with Crippen molar-refractivity contribution >= 4 is 15.9 Å². The fourth-order valence-electron chi connectivity index (χ4n) is 2.60. The Morgan fingerprint density at radius 2 is 1.69 bits per heavy atom. The molecule has 0 bridgehead atoms. The summed E-state index contributed by atoms with van der Waals surface area (Å²) in [4.78, 5) is 17.4. The van der Waals surface area contributed by atoms with Crippen LogP contribution in [0.15, 0.2) is 58.5 Å². The van der Waals surface area contributed by atoms with E-state index < -0.39 is 10.0 Å². The van der Waals surface area contributed by atoms with Gasteiger partial charge < -0.3 is 0 Å². The molecule has 1 aromatic carbocycles. The van der Waals surface area contributed by atoms with Crippen molar-refractivity contribution in [1.29, 1.82) is 0 Å². The van der Waals surface area contributed by atoms with E-state index in [1.165, 1.54) is 33.1 Å². The number of sulfonamides is 1. The summed E-state index contributed by atoms with van der Waals surface area (Å²) >= 11 is 0. The van der Waals surface area contributed by atoms with Gasteiger partial charge in [-0.25, -0.2) is 8.42 Å². The maximum Gasteiger partial charge on any atom is 0.263 e. The number of rotatable bonds is 6. The van der Waals surface area contributed by atoms with Crippen molar-refractivity contribution in [2.75, 3.05) is 13.1 Å². The SMILES string of the molecule is CCN(CC)S(=O)(=O)c1ccc(C(=O)n2ccccc2=NC(C)C)cc1. The third kappa shape index (κ3) is 4.28. The van der Waals surface area contributed by atoms with Gasteiger partial charge in [-0.2, -0.15) is 4.31 Å². The van der Waals surface area contributed by atoms with Gasteiger partial charge in [0, 0.05) is 30.9 Å². The van der Waals surface area contributed by atoms with E-state index in [2.05, 4.69) is 4.99 Å². The topological polar surface area (TPSA) is 71.7 Å². The van der Waals surface area contributed by atoms with Crippen LogP contribution in [0.3, 0.4) is 0 Å². The number of pyridine rings is 1. The maximum atomic E-state index is 12.8. The molecule has 1 aromatic heterocycles. The lowest BCUT2D eigenvalue weighted by atomic mass is 10.2. The predicted octanol–water partition coefficient (Wildman–Crippen LogP) is 2.52. The molecule has 0 saturated carbocycles. The highest BCUT2D eigenvalue weighted by Gasteiger charge is 2.21. The van der Waals surface area contributed by atoms with Crippen LogP contribution in [0.5, 0.6) is 0 Å². The zero-order valence-electron chi connectivity index (χ0n) is 15.6. The fraction of sp³-hybridized carbons (Fsp3) is 0.368. The first-order valence-corrected chi connectivity index (χ1v) is 10.1. The Kier molecular flexibility index (Phi) is 6.50. The van der Waals surface area contributed by atoms with Crippen molar-refractivity contribution in [2.45, 2.75) is 38.6 Å². The molecule has 6 nitrogen and oxygen atoms in total. The van der Waals surface area contributed by atoms with Gasteiger partial charge >= 0.3 is 0 Å². The molecule has 0 fully saturated rings. The minimum Gasteiger partial charge on any atom is -0.268 e. The molecule has 0 unspecified atom stereocenters. The molecule has 0 aliphatic rings. The smallest absolute Gasteiger partial charge is 0.263 e. The van der Waals surface area contributed by atoms with Crippen LogP contribution in [-0.4, -0.2) is 42.3 Å². The van der Waals surface area contributed by atoms with Crippen LogP contribution in [0, 0.1) is 0 Å². The van der Waals surface area contributed by atoms with Gasteiger partial charge in [-0.3, -0.25) is 14.4 Å². The van der Waals surface area contributed by atoms with E-state index in [1.807, 2.05) is 19.9 Å². The third-order valence-electron chi connectivity index (χ3n) is 3.89. The van der Waals surface area contributed by atoms with E-state index in [9.17, 15) is 13.2 Å². The summed E-state index contributed by atoms with van der Waals surface area (Å²) in [7, 11) is -3.54. The van der Waals surface area contributed by atoms with Gasteiger partial charge in [0.15, 0.2) is 0 Å². The summed E-state index contributed by atoms with van der Waals surface area (Å²) in [5.41, 5.74) is 0.965. The molecule has 140 valence electrons. The first-order valence-electron chi connectivity index (χ1n) is 8.67. The zero-order valence-corrected chi connectivity index (χ0v) is 16.4. The number of hydrogen-bond donors (Lipinski definition) is 0. The molecule has 0 amide bonds. The van der Waals surface area contributed by atoms with E-state index >= 15 is 0 Å². The van der Waals surface area contributed by atoms with Crippen molar-refractivity contribution in [2.24, 2.45) is 4.99 Å². The second kappa shape index (κ2) is 8.42. The van der Waals surface area contributed by atoms with Crippen LogP contribution in [0.4, 0.5) is 0 Å². The first kappa shape index (κ1) is 20.1. The number of carbonyl (C=O) groups is 1. The monoisotopic (exact) mass is 375 g/mol. The van der Waals surface area contributed by atoms with Crippen molar-refractivity contribution < 1.29 is 13.2 Å². The van der Waals surface area contributed by atoms with Crippen LogP contribution in [0.1, 0.15) is 38.1 Å². The molecule has 0 atom stereocenters. The van der Waals surface area contributed by atoms with Crippen molar-refractivity contribution in [1.82, 2.24) is 8.87 Å². The van der Waals surface area contributed by atoms with E-state index in [4.69, 9.17) is 0 Å². The standard InChI is InChI=1S/C19H25N3O3S/c1-5-21(6-2)26(24,25)17-12-10-16(11-13-17)19(23)22-14-8-7-9-18(22)20-15(3)4/h7-15H,5-6H2,1-4H3. The predicted molar refractivity (Wildman–Crippen MR) is 101 cm³/mol. The molecule has 2 rings (SSSR count). The largest absolute Gasteiger partial charge is 0.268 e. The molecule has 0 aliphatic heterocycles. The van der Waals surface area contributed by atoms with E-state index in [0.717, 1.165) is 0 Å². The Bertz CT molecular complexity index is 925. The van der Waals surface area contributed by atoms with Crippen LogP contribution >= 0.6 is 0 Å². The van der Waals surface area contributed by atoms with E-state index in [1.54, 1.807) is 32.2 Å². The maximum absolute atomic E-state index is 12.8. The summed E-state index contributed by atoms with van der Waals surface area (Å²) in [6, 6.07) is 11.4. The average molecular weight is 375 g/mol. The van der Waals surface area contributed by atoms with Crippen LogP contribution in [-0.2, 0) is 10.0 Å². The molecular formula is C19H25N3O3S. The third-order valence-corrected chi connectivity index (χ3v) is 5.96. The number of benzene rings is 1. The van der Waals surface area contributed by atoms with Crippen molar-refractivity contribution in [3.63, 3.8) is 0 Å².